The smallest absolute Gasteiger partial charge is 0.428 e. The van der Waals surface area contributed by atoms with Gasteiger partial charge in [0.05, 0.1) is 16.8 Å². The Labute approximate surface area is 223 Å². The van der Waals surface area contributed by atoms with Gasteiger partial charge in [-0.2, -0.15) is 17.6 Å². The molecule has 202 valence electrons. The number of ether oxygens (including phenoxy) is 1. The van der Waals surface area contributed by atoms with Gasteiger partial charge < -0.3 is 10.1 Å². The minimum Gasteiger partial charge on any atom is -0.428 e. The molecule has 38 heavy (non-hydrogen) atoms. The number of hydrogen-bond acceptors (Lipinski definition) is 3. The summed E-state index contributed by atoms with van der Waals surface area (Å²) in [5.74, 6) is -2.32. The Morgan fingerprint density at radius 3 is 2.24 bits per heavy atom. The van der Waals surface area contributed by atoms with Gasteiger partial charge in [0.2, 0.25) is 5.91 Å². The molecule has 10 heteroatoms. The highest BCUT2D eigenvalue weighted by Crippen LogP contribution is 2.33. The highest BCUT2D eigenvalue weighted by Gasteiger charge is 2.44. The molecule has 0 bridgehead atoms. The van der Waals surface area contributed by atoms with Crippen LogP contribution < -0.4 is 10.1 Å². The number of carbonyl (C=O) groups is 1. The molecule has 0 spiro atoms. The minimum absolute atomic E-state index is 0.00700. The number of hydrogen-bond donors (Lipinski definition) is 1. The molecule has 4 nitrogen and oxygen atoms in total. The molecule has 0 saturated heterocycles. The van der Waals surface area contributed by atoms with Gasteiger partial charge in [0.25, 0.3) is 0 Å². The van der Waals surface area contributed by atoms with Gasteiger partial charge in [0.1, 0.15) is 11.6 Å². The van der Waals surface area contributed by atoms with E-state index in [-0.39, 0.29) is 23.1 Å². The van der Waals surface area contributed by atoms with Crippen molar-refractivity contribution >= 4 is 17.5 Å². The molecule has 1 aliphatic rings. The molecule has 2 aromatic carbocycles. The number of amides is 1. The van der Waals surface area contributed by atoms with Crippen LogP contribution in [0, 0.1) is 31.5 Å². The van der Waals surface area contributed by atoms with Crippen LogP contribution >= 0.6 is 11.6 Å². The van der Waals surface area contributed by atoms with E-state index in [9.17, 15) is 26.7 Å². The molecular formula is C28H26ClF5N2O2. The lowest BCUT2D eigenvalue weighted by atomic mass is 9.84. The quantitative estimate of drug-likeness (QED) is 0.246. The third kappa shape index (κ3) is 9.03. The molecule has 1 aliphatic carbocycles. The number of carbonyl (C=O) groups excluding carboxylic acids is 1. The van der Waals surface area contributed by atoms with Crippen LogP contribution in [0.2, 0.25) is 5.02 Å². The van der Waals surface area contributed by atoms with Crippen LogP contribution in [0.5, 0.6) is 5.75 Å². The Morgan fingerprint density at radius 1 is 1.11 bits per heavy atom. The molecule has 1 fully saturated rings. The van der Waals surface area contributed by atoms with E-state index in [4.69, 9.17) is 11.6 Å². The van der Waals surface area contributed by atoms with Crippen molar-refractivity contribution in [1.82, 2.24) is 10.3 Å². The van der Waals surface area contributed by atoms with Crippen molar-refractivity contribution in [3.63, 3.8) is 0 Å². The fourth-order valence-electron chi connectivity index (χ4n) is 3.36. The van der Waals surface area contributed by atoms with E-state index in [0.29, 0.717) is 23.9 Å². The highest BCUT2D eigenvalue weighted by molar-refractivity contribution is 6.30. The first-order valence-electron chi connectivity index (χ1n) is 11.5. The first kappa shape index (κ1) is 30.6. The molecule has 1 amide bonds. The van der Waals surface area contributed by atoms with Gasteiger partial charge in [-0.25, -0.2) is 4.39 Å². The van der Waals surface area contributed by atoms with Gasteiger partial charge in [-0.05, 0) is 49.6 Å². The summed E-state index contributed by atoms with van der Waals surface area (Å²) in [6, 6.07) is 14.7. The van der Waals surface area contributed by atoms with Gasteiger partial charge in [0.15, 0.2) is 0 Å². The summed E-state index contributed by atoms with van der Waals surface area (Å²) in [5, 5.41) is 3.03. The summed E-state index contributed by atoms with van der Waals surface area (Å²) in [6.07, 6.45) is 2.72. The lowest BCUT2D eigenvalue weighted by Crippen LogP contribution is -2.37. The number of nitrogens with one attached hydrogen (secondary N) is 1. The Kier molecular flexibility index (Phi) is 11.5. The molecule has 3 aromatic rings. The largest absolute Gasteiger partial charge is 0.461 e. The molecular weight excluding hydrogens is 527 g/mol. The molecule has 1 heterocycles. The molecule has 1 atom stereocenters. The summed E-state index contributed by atoms with van der Waals surface area (Å²) in [7, 11) is 0. The number of alkyl halides is 4. The zero-order valence-corrected chi connectivity index (χ0v) is 21.1. The third-order valence-corrected chi connectivity index (χ3v) is 5.71. The van der Waals surface area contributed by atoms with E-state index in [0.717, 1.165) is 18.6 Å². The minimum atomic E-state index is -4.80. The third-order valence-electron chi connectivity index (χ3n) is 5.48. The number of aryl methyl sites for hydroxylation is 1. The topological polar surface area (TPSA) is 51.2 Å². The number of rotatable bonds is 7. The molecule has 1 aromatic heterocycles. The zero-order valence-electron chi connectivity index (χ0n) is 20.4. The van der Waals surface area contributed by atoms with Crippen molar-refractivity contribution in [1.29, 1.82) is 0 Å². The maximum absolute atomic E-state index is 14.1. The maximum atomic E-state index is 14.1. The number of nitrogens with zero attached hydrogens (tertiary/aromatic N) is 1. The van der Waals surface area contributed by atoms with Gasteiger partial charge in [-0.15, -0.1) is 12.8 Å². The van der Waals surface area contributed by atoms with E-state index in [1.807, 2.05) is 18.2 Å². The second-order valence-electron chi connectivity index (χ2n) is 8.31. The van der Waals surface area contributed by atoms with Crippen LogP contribution in [0.4, 0.5) is 22.0 Å². The Bertz CT molecular complexity index is 1190. The second-order valence-corrected chi connectivity index (χ2v) is 8.75. The SMILES string of the molecule is C#C.Cc1ccccc1.O=C(N[C@@H](c1cc(F)cc(OC(F)(F)C(F)F)c1)c1ccc(Cl)cn1)C1CCC1. The van der Waals surface area contributed by atoms with Crippen molar-refractivity contribution in [3.8, 4) is 18.6 Å². The number of benzene rings is 2. The Hall–Kier alpha value is -3.64. The van der Waals surface area contributed by atoms with Crippen LogP contribution in [-0.2, 0) is 4.79 Å². The lowest BCUT2D eigenvalue weighted by molar-refractivity contribution is -0.253. The van der Waals surface area contributed by atoms with E-state index < -0.39 is 30.1 Å². The normalized spacial score (nSPS) is 13.6. The van der Waals surface area contributed by atoms with E-state index in [1.54, 1.807) is 0 Å². The van der Waals surface area contributed by atoms with Crippen molar-refractivity contribution in [2.24, 2.45) is 5.92 Å². The molecule has 0 unspecified atom stereocenters. The van der Waals surface area contributed by atoms with E-state index in [1.165, 1.54) is 23.9 Å². The number of pyridine rings is 1. The van der Waals surface area contributed by atoms with Crippen LogP contribution in [0.3, 0.4) is 0 Å². The van der Waals surface area contributed by atoms with Gasteiger partial charge in [-0.1, -0.05) is 53.9 Å². The zero-order chi connectivity index (χ0) is 28.3. The summed E-state index contributed by atoms with van der Waals surface area (Å²) in [5.41, 5.74) is 1.59. The predicted molar refractivity (Wildman–Crippen MR) is 136 cm³/mol. The van der Waals surface area contributed by atoms with E-state index >= 15 is 0 Å². The molecule has 0 radical (unpaired) electrons. The number of halogens is 6. The summed E-state index contributed by atoms with van der Waals surface area (Å²) in [6.45, 7) is 2.08. The average Bonchev–Trinajstić information content (AvgIpc) is 2.83. The highest BCUT2D eigenvalue weighted by atomic mass is 35.5. The van der Waals surface area contributed by atoms with Gasteiger partial charge in [0, 0.05) is 18.2 Å². The summed E-state index contributed by atoms with van der Waals surface area (Å²) >= 11 is 5.82. The van der Waals surface area contributed by atoms with Crippen LogP contribution in [0.15, 0.2) is 66.9 Å². The van der Waals surface area contributed by atoms with Crippen molar-refractivity contribution < 1.29 is 31.5 Å². The van der Waals surface area contributed by atoms with Crippen molar-refractivity contribution in [2.75, 3.05) is 0 Å². The Morgan fingerprint density at radius 2 is 1.76 bits per heavy atom. The standard InChI is InChI=1S/C19H16ClF5N2O2.C7H8.C2H2/c20-12-4-5-15(26-9-12)16(27-17(28)10-2-1-3-10)11-6-13(21)8-14(7-11)29-19(24,25)18(22)23;1-7-5-3-2-4-6-7;1-2/h4-10,16,18H,1-3H2,(H,27,28);2-6H,1H3;1-2H/t16-;;/m0../s1. The Balaban J connectivity index is 0.000000481. The summed E-state index contributed by atoms with van der Waals surface area (Å²) < 4.78 is 69.4. The first-order chi connectivity index (χ1) is 18.0. The van der Waals surface area contributed by atoms with Crippen LogP contribution in [0.1, 0.15) is 42.1 Å². The van der Waals surface area contributed by atoms with Crippen molar-refractivity contribution in [2.45, 2.75) is 44.8 Å². The lowest BCUT2D eigenvalue weighted by Gasteiger charge is -2.28. The maximum Gasteiger partial charge on any atom is 0.461 e. The first-order valence-corrected chi connectivity index (χ1v) is 11.8. The molecule has 1 N–H and O–H groups in total. The fraction of sp³-hybridized carbons (Fsp3) is 0.286. The van der Waals surface area contributed by atoms with Crippen LogP contribution in [0.25, 0.3) is 0 Å². The van der Waals surface area contributed by atoms with Crippen LogP contribution in [-0.4, -0.2) is 23.4 Å². The number of terminal acetylenes is 1. The van der Waals surface area contributed by atoms with Gasteiger partial charge >= 0.3 is 12.5 Å². The van der Waals surface area contributed by atoms with E-state index in [2.05, 4.69) is 46.9 Å². The number of aromatic nitrogens is 1. The molecule has 0 aliphatic heterocycles. The monoisotopic (exact) mass is 552 g/mol. The predicted octanol–water partition coefficient (Wildman–Crippen LogP) is 7.36. The fourth-order valence-corrected chi connectivity index (χ4v) is 3.47. The average molecular weight is 553 g/mol. The molecule has 1 saturated carbocycles. The van der Waals surface area contributed by atoms with Gasteiger partial charge in [-0.3, -0.25) is 9.78 Å². The molecule has 4 rings (SSSR count). The summed E-state index contributed by atoms with van der Waals surface area (Å²) in [4.78, 5) is 16.5. The van der Waals surface area contributed by atoms with Crippen molar-refractivity contribution in [3.05, 3.63) is 94.5 Å². The second kappa shape index (κ2) is 14.3.